The van der Waals surface area contributed by atoms with E-state index in [9.17, 15) is 0 Å². The molecule has 3 unspecified atom stereocenters. The number of hydrogen-bond donors (Lipinski definition) is 0. The van der Waals surface area contributed by atoms with Gasteiger partial charge in [-0.25, -0.2) is 0 Å². The Bertz CT molecular complexity index is 539. The van der Waals surface area contributed by atoms with Crippen molar-refractivity contribution in [1.82, 2.24) is 4.90 Å². The fraction of sp³-hybridized carbons (Fsp3) is 0.600. The minimum absolute atomic E-state index is 0.574. The van der Waals surface area contributed by atoms with E-state index in [1.807, 2.05) is 0 Å². The van der Waals surface area contributed by atoms with Gasteiger partial charge in [-0.15, -0.1) is 0 Å². The van der Waals surface area contributed by atoms with Gasteiger partial charge in [-0.1, -0.05) is 73.9 Å². The molecule has 0 saturated heterocycles. The van der Waals surface area contributed by atoms with Gasteiger partial charge in [0.25, 0.3) is 0 Å². The van der Waals surface area contributed by atoms with Crippen LogP contribution in [0.15, 0.2) is 71.8 Å². The molecule has 0 fully saturated rings. The van der Waals surface area contributed by atoms with Crippen molar-refractivity contribution in [2.75, 3.05) is 0 Å². The van der Waals surface area contributed by atoms with Crippen LogP contribution in [-0.4, -0.2) is 4.90 Å². The third-order valence-corrected chi connectivity index (χ3v) is 5.28. The molecular formula is C30H51N. The molecule has 0 aliphatic heterocycles. The van der Waals surface area contributed by atoms with Crippen LogP contribution in [0.1, 0.15) is 101 Å². The molecule has 31 heavy (non-hydrogen) atoms. The summed E-state index contributed by atoms with van der Waals surface area (Å²) in [6.45, 7) is 20.0. The summed E-state index contributed by atoms with van der Waals surface area (Å²) in [5.41, 5.74) is 4.23. The van der Waals surface area contributed by atoms with Crippen LogP contribution in [0.2, 0.25) is 0 Å². The molecule has 0 aliphatic rings. The zero-order valence-corrected chi connectivity index (χ0v) is 22.1. The van der Waals surface area contributed by atoms with Gasteiger partial charge in [0.1, 0.15) is 0 Å². The van der Waals surface area contributed by atoms with Gasteiger partial charge in [-0.3, -0.25) is 0 Å². The Morgan fingerprint density at radius 1 is 0.516 bits per heavy atom. The summed E-state index contributed by atoms with van der Waals surface area (Å²) < 4.78 is 0. The predicted molar refractivity (Wildman–Crippen MR) is 143 cm³/mol. The summed E-state index contributed by atoms with van der Waals surface area (Å²) in [5, 5.41) is 0. The smallest absolute Gasteiger partial charge is 0.00444 e. The normalized spacial score (nSPS) is 14.6. The van der Waals surface area contributed by atoms with Crippen LogP contribution in [0.5, 0.6) is 0 Å². The van der Waals surface area contributed by atoms with E-state index in [1.54, 1.807) is 0 Å². The van der Waals surface area contributed by atoms with Crippen molar-refractivity contribution in [2.24, 2.45) is 17.8 Å². The molecule has 1 heteroatoms. The number of allylic oxidation sites excluding steroid dienone is 9. The topological polar surface area (TPSA) is 3.24 Å². The third kappa shape index (κ3) is 19.9. The van der Waals surface area contributed by atoms with Crippen molar-refractivity contribution in [3.63, 3.8) is 0 Å². The van der Waals surface area contributed by atoms with Crippen LogP contribution in [0.25, 0.3) is 0 Å². The van der Waals surface area contributed by atoms with Gasteiger partial charge in [0.2, 0.25) is 0 Å². The van der Waals surface area contributed by atoms with Gasteiger partial charge in [0.15, 0.2) is 0 Å². The van der Waals surface area contributed by atoms with E-state index in [0.29, 0.717) is 17.8 Å². The number of hydrogen-bond acceptors (Lipinski definition) is 1. The molecule has 0 bridgehead atoms. The summed E-state index contributed by atoms with van der Waals surface area (Å²) in [7, 11) is 0. The Kier molecular flexibility index (Phi) is 16.9. The van der Waals surface area contributed by atoms with Crippen molar-refractivity contribution in [3.8, 4) is 0 Å². The molecule has 0 aromatic rings. The van der Waals surface area contributed by atoms with Crippen molar-refractivity contribution in [3.05, 3.63) is 71.8 Å². The second-order valence-electron chi connectivity index (χ2n) is 9.98. The average Bonchev–Trinajstić information content (AvgIpc) is 2.66. The van der Waals surface area contributed by atoms with E-state index < -0.39 is 0 Å². The lowest BCUT2D eigenvalue weighted by atomic mass is 10.0. The van der Waals surface area contributed by atoms with Gasteiger partial charge < -0.3 is 4.90 Å². The van der Waals surface area contributed by atoms with Crippen molar-refractivity contribution < 1.29 is 0 Å². The van der Waals surface area contributed by atoms with Crippen molar-refractivity contribution in [2.45, 2.75) is 101 Å². The second kappa shape index (κ2) is 17.9. The highest BCUT2D eigenvalue weighted by atomic mass is 15.1. The van der Waals surface area contributed by atoms with Gasteiger partial charge in [0.05, 0.1) is 0 Å². The van der Waals surface area contributed by atoms with Crippen LogP contribution >= 0.6 is 0 Å². The van der Waals surface area contributed by atoms with E-state index in [2.05, 4.69) is 122 Å². The summed E-state index contributed by atoms with van der Waals surface area (Å²) in [6.07, 6.45) is 27.8. The van der Waals surface area contributed by atoms with Crippen molar-refractivity contribution in [1.29, 1.82) is 0 Å². The summed E-state index contributed by atoms with van der Waals surface area (Å²) in [5.74, 6) is 1.72. The highest BCUT2D eigenvalue weighted by Crippen LogP contribution is 2.14. The molecular weight excluding hydrogens is 374 g/mol. The Morgan fingerprint density at radius 2 is 0.774 bits per heavy atom. The molecule has 0 spiro atoms. The molecule has 176 valence electrons. The molecule has 3 atom stereocenters. The van der Waals surface area contributed by atoms with E-state index in [-0.39, 0.29) is 0 Å². The Labute approximate surface area is 195 Å². The van der Waals surface area contributed by atoms with E-state index in [1.165, 1.54) is 36.0 Å². The van der Waals surface area contributed by atoms with Gasteiger partial charge in [-0.2, -0.15) is 0 Å². The lowest BCUT2D eigenvalue weighted by Gasteiger charge is -2.14. The molecule has 0 amide bonds. The molecule has 1 nitrogen and oxygen atoms in total. The van der Waals surface area contributed by atoms with Crippen LogP contribution in [0.3, 0.4) is 0 Å². The average molecular weight is 426 g/mol. The highest BCUT2D eigenvalue weighted by molar-refractivity contribution is 5.04. The van der Waals surface area contributed by atoms with Crippen LogP contribution in [0.4, 0.5) is 0 Å². The molecule has 0 aromatic carbocycles. The standard InChI is InChI=1S/C30H51N/c1-25(2)13-10-16-28(7)19-22-31(23-20-29(8)17-11-14-26(3)4)24-21-30(9)18-12-15-27(5)6/h13-15,19-24,28-30H,10-12,16-18H2,1-9H3/b22-19+,23-20+,24-21+. The number of nitrogens with zero attached hydrogens (tertiary/aromatic N) is 1. The maximum atomic E-state index is 2.34. The molecule has 0 aliphatic carbocycles. The van der Waals surface area contributed by atoms with Gasteiger partial charge >= 0.3 is 0 Å². The Balaban J connectivity index is 5.01. The fourth-order valence-corrected chi connectivity index (χ4v) is 3.08. The highest BCUT2D eigenvalue weighted by Gasteiger charge is 2.01. The molecule has 0 radical (unpaired) electrons. The lowest BCUT2D eigenvalue weighted by Crippen LogP contribution is -2.03. The van der Waals surface area contributed by atoms with Crippen molar-refractivity contribution >= 4 is 0 Å². The molecule has 0 heterocycles. The largest absolute Gasteiger partial charge is 0.331 e. The first-order valence-electron chi connectivity index (χ1n) is 12.3. The van der Waals surface area contributed by atoms with Gasteiger partial charge in [0, 0.05) is 18.6 Å². The zero-order chi connectivity index (χ0) is 23.6. The summed E-state index contributed by atoms with van der Waals surface area (Å²) in [4.78, 5) is 2.24. The molecule has 0 saturated carbocycles. The maximum absolute atomic E-state index is 2.34. The molecule has 0 N–H and O–H groups in total. The summed E-state index contributed by atoms with van der Waals surface area (Å²) >= 11 is 0. The molecule has 0 rings (SSSR count). The SMILES string of the molecule is CC(C)=CCCC(C)/C=C/N(/C=C/C(C)CCC=C(C)C)/C=C/C(C)CCC=C(C)C. The minimum atomic E-state index is 0.574. The van der Waals surface area contributed by atoms with Gasteiger partial charge in [-0.05, 0) is 97.8 Å². The first kappa shape index (κ1) is 29.2. The first-order chi connectivity index (χ1) is 14.6. The number of rotatable bonds is 15. The predicted octanol–water partition coefficient (Wildman–Crippen LogP) is 9.98. The Morgan fingerprint density at radius 3 is 1.00 bits per heavy atom. The fourth-order valence-electron chi connectivity index (χ4n) is 3.08. The lowest BCUT2D eigenvalue weighted by molar-refractivity contribution is 0.596. The van der Waals surface area contributed by atoms with Crippen LogP contribution in [-0.2, 0) is 0 Å². The molecule has 0 aromatic heterocycles. The third-order valence-electron chi connectivity index (χ3n) is 5.28. The van der Waals surface area contributed by atoms with E-state index >= 15 is 0 Å². The zero-order valence-electron chi connectivity index (χ0n) is 22.1. The van der Waals surface area contributed by atoms with E-state index in [4.69, 9.17) is 0 Å². The first-order valence-corrected chi connectivity index (χ1v) is 12.3. The maximum Gasteiger partial charge on any atom is 0.00444 e. The van der Waals surface area contributed by atoms with Crippen LogP contribution < -0.4 is 0 Å². The summed E-state index contributed by atoms with van der Waals surface area (Å²) in [6, 6.07) is 0. The Hall–Kier alpha value is -1.76. The monoisotopic (exact) mass is 425 g/mol. The minimum Gasteiger partial charge on any atom is -0.331 e. The quantitative estimate of drug-likeness (QED) is 0.236. The second-order valence-corrected chi connectivity index (χ2v) is 9.98. The van der Waals surface area contributed by atoms with E-state index in [0.717, 1.165) is 19.3 Å². The van der Waals surface area contributed by atoms with Crippen LogP contribution in [0, 0.1) is 17.8 Å².